The van der Waals surface area contributed by atoms with Crippen molar-refractivity contribution in [1.82, 2.24) is 25.0 Å². The van der Waals surface area contributed by atoms with E-state index >= 15 is 0 Å². The van der Waals surface area contributed by atoms with Gasteiger partial charge in [-0.1, -0.05) is 11.8 Å². The Morgan fingerprint density at radius 2 is 2.00 bits per heavy atom. The number of nitrogens with zero attached hydrogens (tertiary/aromatic N) is 6. The zero-order valence-electron chi connectivity index (χ0n) is 14.1. The highest BCUT2D eigenvalue weighted by Gasteiger charge is 2.21. The normalized spacial score (nSPS) is 15.0. The number of anilines is 1. The second kappa shape index (κ2) is 7.30. The number of piperidine rings is 1. The van der Waals surface area contributed by atoms with E-state index in [1.54, 1.807) is 24.9 Å². The molecule has 0 spiro atoms. The van der Waals surface area contributed by atoms with E-state index in [9.17, 15) is 0 Å². The molecule has 0 amide bonds. The minimum absolute atomic E-state index is 0.567. The molecule has 4 rings (SSSR count). The average molecular weight is 360 g/mol. The number of rotatable bonds is 6. The van der Waals surface area contributed by atoms with Crippen molar-refractivity contribution in [2.75, 3.05) is 18.0 Å². The van der Waals surface area contributed by atoms with Gasteiger partial charge in [-0.3, -0.25) is 4.57 Å². The first-order chi connectivity index (χ1) is 12.3. The van der Waals surface area contributed by atoms with Gasteiger partial charge in [0.25, 0.3) is 0 Å². The lowest BCUT2D eigenvalue weighted by atomic mass is 10.1. The molecule has 0 bridgehead atoms. The summed E-state index contributed by atoms with van der Waals surface area (Å²) in [7, 11) is 0. The first-order valence-electron chi connectivity index (χ1n) is 8.42. The fourth-order valence-corrected chi connectivity index (χ4v) is 3.70. The Morgan fingerprint density at radius 1 is 1.12 bits per heavy atom. The summed E-state index contributed by atoms with van der Waals surface area (Å²) in [6.45, 7) is 4.43. The van der Waals surface area contributed by atoms with Crippen LogP contribution in [0.1, 0.15) is 36.8 Å². The Bertz CT molecular complexity index is 807. The van der Waals surface area contributed by atoms with E-state index in [4.69, 9.17) is 8.83 Å². The molecule has 0 atom stereocenters. The van der Waals surface area contributed by atoms with Crippen molar-refractivity contribution >= 4 is 17.7 Å². The molecule has 0 N–H and O–H groups in total. The van der Waals surface area contributed by atoms with Gasteiger partial charge in [-0.15, -0.1) is 20.4 Å². The van der Waals surface area contributed by atoms with Gasteiger partial charge in [0.15, 0.2) is 5.16 Å². The van der Waals surface area contributed by atoms with Gasteiger partial charge >= 0.3 is 0 Å². The quantitative estimate of drug-likeness (QED) is 0.620. The van der Waals surface area contributed by atoms with Gasteiger partial charge < -0.3 is 13.7 Å². The molecule has 1 saturated heterocycles. The molecule has 0 unspecified atom stereocenters. The van der Waals surface area contributed by atoms with E-state index in [0.717, 1.165) is 30.0 Å². The fourth-order valence-electron chi connectivity index (χ4n) is 2.93. The Hall–Kier alpha value is -2.29. The topological polar surface area (TPSA) is 86.0 Å². The molecule has 0 saturated carbocycles. The minimum Gasteiger partial charge on any atom is -0.467 e. The molecule has 0 aromatic carbocycles. The predicted molar refractivity (Wildman–Crippen MR) is 92.5 cm³/mol. The maximum absolute atomic E-state index is 5.53. The second-order valence-corrected chi connectivity index (χ2v) is 6.94. The van der Waals surface area contributed by atoms with Gasteiger partial charge in [-0.25, -0.2) is 0 Å². The summed E-state index contributed by atoms with van der Waals surface area (Å²) in [6, 6.07) is 3.87. The molecule has 3 aromatic heterocycles. The van der Waals surface area contributed by atoms with E-state index in [2.05, 4.69) is 29.9 Å². The van der Waals surface area contributed by atoms with Gasteiger partial charge in [0.2, 0.25) is 17.7 Å². The van der Waals surface area contributed by atoms with Gasteiger partial charge in [0.05, 0.1) is 18.6 Å². The third kappa shape index (κ3) is 3.71. The minimum atomic E-state index is 0.567. The monoisotopic (exact) mass is 360 g/mol. The van der Waals surface area contributed by atoms with Crippen molar-refractivity contribution in [3.05, 3.63) is 35.9 Å². The number of hydrogen-bond donors (Lipinski definition) is 0. The number of hydrogen-bond acceptors (Lipinski definition) is 8. The predicted octanol–water partition coefficient (Wildman–Crippen LogP) is 2.89. The third-order valence-corrected chi connectivity index (χ3v) is 5.07. The zero-order valence-corrected chi connectivity index (χ0v) is 14.9. The van der Waals surface area contributed by atoms with Gasteiger partial charge in [-0.05, 0) is 31.4 Å². The van der Waals surface area contributed by atoms with Crippen molar-refractivity contribution < 1.29 is 8.83 Å². The molecule has 25 heavy (non-hydrogen) atoms. The molecule has 3 aromatic rings. The van der Waals surface area contributed by atoms with Crippen molar-refractivity contribution in [2.45, 2.75) is 43.6 Å². The molecule has 1 aliphatic heterocycles. The third-order valence-electron chi connectivity index (χ3n) is 4.12. The first-order valence-corrected chi connectivity index (χ1v) is 9.40. The van der Waals surface area contributed by atoms with Crippen LogP contribution in [0.3, 0.4) is 0 Å². The zero-order chi connectivity index (χ0) is 17.1. The van der Waals surface area contributed by atoms with Crippen LogP contribution in [0, 0.1) is 6.92 Å². The fraction of sp³-hybridized carbons (Fsp3) is 0.500. The molecule has 4 heterocycles. The summed E-state index contributed by atoms with van der Waals surface area (Å²) in [5, 5.41) is 17.6. The molecule has 8 nitrogen and oxygen atoms in total. The Morgan fingerprint density at radius 3 is 2.72 bits per heavy atom. The molecule has 132 valence electrons. The van der Waals surface area contributed by atoms with Crippen LogP contribution in [-0.2, 0) is 12.3 Å². The lowest BCUT2D eigenvalue weighted by molar-refractivity contribution is 0.478. The van der Waals surface area contributed by atoms with Crippen LogP contribution in [0.15, 0.2) is 32.4 Å². The van der Waals surface area contributed by atoms with Crippen molar-refractivity contribution in [1.29, 1.82) is 0 Å². The smallest absolute Gasteiger partial charge is 0.228 e. The highest BCUT2D eigenvalue weighted by Crippen LogP contribution is 2.27. The van der Waals surface area contributed by atoms with E-state index in [1.807, 2.05) is 12.1 Å². The van der Waals surface area contributed by atoms with Crippen LogP contribution >= 0.6 is 11.8 Å². The van der Waals surface area contributed by atoms with Crippen molar-refractivity contribution in [2.24, 2.45) is 0 Å². The number of furan rings is 1. The van der Waals surface area contributed by atoms with Crippen molar-refractivity contribution in [3.8, 4) is 0 Å². The molecular weight excluding hydrogens is 340 g/mol. The maximum Gasteiger partial charge on any atom is 0.228 e. The van der Waals surface area contributed by atoms with Gasteiger partial charge in [0.1, 0.15) is 5.76 Å². The Kier molecular flexibility index (Phi) is 4.73. The average Bonchev–Trinajstić information content (AvgIpc) is 3.36. The van der Waals surface area contributed by atoms with Crippen molar-refractivity contribution in [3.63, 3.8) is 0 Å². The number of thioether (sulfide) groups is 1. The summed E-state index contributed by atoms with van der Waals surface area (Å²) < 4.78 is 13.1. The summed E-state index contributed by atoms with van der Waals surface area (Å²) in [5.41, 5.74) is 0. The standard InChI is InChI=1S/C16H20N6O2S/c1-12-17-18-14(24-12)11-25-16-20-19-15(21-7-3-2-4-8-21)22(16)10-13-6-5-9-23-13/h5-6,9H,2-4,7-8,10-11H2,1H3. The summed E-state index contributed by atoms with van der Waals surface area (Å²) in [5.74, 6) is 3.52. The van der Waals surface area contributed by atoms with Crippen LogP contribution in [0.25, 0.3) is 0 Å². The first kappa shape index (κ1) is 16.2. The van der Waals surface area contributed by atoms with Crippen LogP contribution in [-0.4, -0.2) is 38.1 Å². The van der Waals surface area contributed by atoms with Crippen LogP contribution in [0.4, 0.5) is 5.95 Å². The van der Waals surface area contributed by atoms with Gasteiger partial charge in [0, 0.05) is 20.0 Å². The Labute approximate surface area is 149 Å². The molecule has 1 fully saturated rings. The van der Waals surface area contributed by atoms with E-state index < -0.39 is 0 Å². The molecule has 1 aliphatic rings. The summed E-state index contributed by atoms with van der Waals surface area (Å²) >= 11 is 1.54. The molecule has 0 aliphatic carbocycles. The number of aromatic nitrogens is 5. The Balaban J connectivity index is 1.57. The van der Waals surface area contributed by atoms with Crippen LogP contribution in [0.2, 0.25) is 0 Å². The van der Waals surface area contributed by atoms with Crippen LogP contribution < -0.4 is 4.90 Å². The number of aryl methyl sites for hydroxylation is 1. The van der Waals surface area contributed by atoms with E-state index in [0.29, 0.717) is 24.1 Å². The van der Waals surface area contributed by atoms with Gasteiger partial charge in [-0.2, -0.15) is 0 Å². The van der Waals surface area contributed by atoms with E-state index in [1.165, 1.54) is 19.3 Å². The lowest BCUT2D eigenvalue weighted by Crippen LogP contribution is -2.32. The lowest BCUT2D eigenvalue weighted by Gasteiger charge is -2.27. The van der Waals surface area contributed by atoms with E-state index in [-0.39, 0.29) is 0 Å². The molecule has 0 radical (unpaired) electrons. The summed E-state index contributed by atoms with van der Waals surface area (Å²) in [6.07, 6.45) is 5.35. The van der Waals surface area contributed by atoms with Crippen LogP contribution in [0.5, 0.6) is 0 Å². The highest BCUT2D eigenvalue weighted by molar-refractivity contribution is 7.98. The summed E-state index contributed by atoms with van der Waals surface area (Å²) in [4.78, 5) is 2.31. The maximum atomic E-state index is 5.53. The molecular formula is C16H20N6O2S. The SMILES string of the molecule is Cc1nnc(CSc2nnc(N3CCCCC3)n2Cc2ccco2)o1. The highest BCUT2D eigenvalue weighted by atomic mass is 32.2. The molecule has 9 heteroatoms. The second-order valence-electron chi connectivity index (χ2n) is 6.00. The largest absolute Gasteiger partial charge is 0.467 e.